The Hall–Kier alpha value is -4.34. The van der Waals surface area contributed by atoms with Crippen LogP contribution in [0.4, 0.5) is 5.69 Å². The second-order valence-corrected chi connectivity index (χ2v) is 6.90. The number of carbonyl (C=O) groups is 1. The summed E-state index contributed by atoms with van der Waals surface area (Å²) >= 11 is 0. The first-order chi connectivity index (χ1) is 15.6. The van der Waals surface area contributed by atoms with Crippen molar-refractivity contribution in [2.75, 3.05) is 12.4 Å². The maximum absolute atomic E-state index is 12.6. The fraction of sp³-hybridized carbons (Fsp3) is 0.182. The molecule has 2 N–H and O–H groups in total. The first-order valence-electron chi connectivity index (χ1n) is 9.90. The normalized spacial score (nSPS) is 10.6. The van der Waals surface area contributed by atoms with Crippen LogP contribution in [0.2, 0.25) is 0 Å². The molecule has 4 rings (SSSR count). The standard InChI is InChI=1S/C22H22N8O2/c1-30-20(28-29-21(30)19-7-8-23-14-27-19)13-25-16-5-3-4-15(10-16)22(31)26-12-17-11-18(32-2)6-9-24-17/h3-11,14,25H,12-13H2,1-2H3,(H,26,31). The Morgan fingerprint density at radius 1 is 1.06 bits per heavy atom. The van der Waals surface area contributed by atoms with Crippen LogP contribution in [-0.4, -0.2) is 42.7 Å². The Kier molecular flexibility index (Phi) is 6.30. The first kappa shape index (κ1) is 20.9. The molecule has 0 aliphatic carbocycles. The summed E-state index contributed by atoms with van der Waals surface area (Å²) in [5.41, 5.74) is 2.75. The second-order valence-electron chi connectivity index (χ2n) is 6.90. The molecule has 10 nitrogen and oxygen atoms in total. The van der Waals surface area contributed by atoms with Crippen molar-refractivity contribution in [2.24, 2.45) is 7.05 Å². The zero-order valence-electron chi connectivity index (χ0n) is 17.7. The van der Waals surface area contributed by atoms with Crippen LogP contribution in [0.1, 0.15) is 21.9 Å². The predicted octanol–water partition coefficient (Wildman–Crippen LogP) is 2.22. The van der Waals surface area contributed by atoms with E-state index in [0.717, 1.165) is 11.5 Å². The molecule has 0 unspecified atom stereocenters. The van der Waals surface area contributed by atoms with Gasteiger partial charge in [0.05, 0.1) is 25.9 Å². The number of methoxy groups -OCH3 is 1. The molecule has 0 fully saturated rings. The molecule has 0 aliphatic heterocycles. The number of carbonyl (C=O) groups excluding carboxylic acids is 1. The maximum Gasteiger partial charge on any atom is 0.251 e. The lowest BCUT2D eigenvalue weighted by atomic mass is 10.2. The topological polar surface area (TPSA) is 120 Å². The number of anilines is 1. The molecule has 3 aromatic heterocycles. The third kappa shape index (κ3) is 4.86. The van der Waals surface area contributed by atoms with E-state index in [9.17, 15) is 4.79 Å². The average Bonchev–Trinajstić information content (AvgIpc) is 3.22. The summed E-state index contributed by atoms with van der Waals surface area (Å²) in [5, 5.41) is 14.6. The fourth-order valence-electron chi connectivity index (χ4n) is 3.07. The van der Waals surface area contributed by atoms with Crippen molar-refractivity contribution in [3.05, 3.63) is 78.3 Å². The minimum Gasteiger partial charge on any atom is -0.497 e. The molecule has 0 saturated heterocycles. The molecule has 0 radical (unpaired) electrons. The molecule has 1 amide bonds. The van der Waals surface area contributed by atoms with E-state index in [1.165, 1.54) is 6.33 Å². The molecular weight excluding hydrogens is 408 g/mol. The van der Waals surface area contributed by atoms with Crippen LogP contribution in [0.15, 0.2) is 61.2 Å². The zero-order chi connectivity index (χ0) is 22.3. The number of nitrogens with one attached hydrogen (secondary N) is 2. The molecule has 0 saturated carbocycles. The number of benzene rings is 1. The van der Waals surface area contributed by atoms with Crippen LogP contribution in [0, 0.1) is 0 Å². The van der Waals surface area contributed by atoms with Gasteiger partial charge < -0.3 is 19.9 Å². The van der Waals surface area contributed by atoms with Gasteiger partial charge in [-0.1, -0.05) is 6.07 Å². The number of aromatic nitrogens is 6. The lowest BCUT2D eigenvalue weighted by Gasteiger charge is -2.09. The van der Waals surface area contributed by atoms with Gasteiger partial charge in [0.15, 0.2) is 11.6 Å². The van der Waals surface area contributed by atoms with E-state index >= 15 is 0 Å². The van der Waals surface area contributed by atoms with E-state index in [-0.39, 0.29) is 5.91 Å². The van der Waals surface area contributed by atoms with E-state index in [1.807, 2.05) is 23.7 Å². The van der Waals surface area contributed by atoms with E-state index in [0.29, 0.717) is 41.6 Å². The summed E-state index contributed by atoms with van der Waals surface area (Å²) in [5.74, 6) is 1.89. The highest BCUT2D eigenvalue weighted by atomic mass is 16.5. The Bertz CT molecular complexity index is 1210. The van der Waals surface area contributed by atoms with E-state index in [2.05, 4.69) is 35.8 Å². The average molecular weight is 430 g/mol. The SMILES string of the molecule is COc1ccnc(CNC(=O)c2cccc(NCc3nnc(-c4ccncn4)n3C)c2)c1. The molecule has 3 heterocycles. The largest absolute Gasteiger partial charge is 0.497 e. The van der Waals surface area contributed by atoms with Crippen molar-refractivity contribution in [1.82, 2.24) is 35.0 Å². The molecule has 0 aliphatic rings. The molecular formula is C22H22N8O2. The van der Waals surface area contributed by atoms with Gasteiger partial charge in [0.2, 0.25) is 0 Å². The molecule has 0 bridgehead atoms. The van der Waals surface area contributed by atoms with Crippen LogP contribution in [0.5, 0.6) is 5.75 Å². The molecule has 32 heavy (non-hydrogen) atoms. The van der Waals surface area contributed by atoms with Crippen molar-refractivity contribution >= 4 is 11.6 Å². The Morgan fingerprint density at radius 2 is 1.97 bits per heavy atom. The van der Waals surface area contributed by atoms with Gasteiger partial charge in [-0.2, -0.15) is 0 Å². The lowest BCUT2D eigenvalue weighted by Crippen LogP contribution is -2.23. The summed E-state index contributed by atoms with van der Waals surface area (Å²) in [6, 6.07) is 12.6. The summed E-state index contributed by atoms with van der Waals surface area (Å²) < 4.78 is 7.05. The summed E-state index contributed by atoms with van der Waals surface area (Å²) in [4.78, 5) is 24.9. The number of nitrogens with zero attached hydrogens (tertiary/aromatic N) is 6. The van der Waals surface area contributed by atoms with E-state index < -0.39 is 0 Å². The maximum atomic E-state index is 12.6. The fourth-order valence-corrected chi connectivity index (χ4v) is 3.07. The van der Waals surface area contributed by atoms with Crippen LogP contribution >= 0.6 is 0 Å². The highest BCUT2D eigenvalue weighted by molar-refractivity contribution is 5.95. The third-order valence-electron chi connectivity index (χ3n) is 4.81. The van der Waals surface area contributed by atoms with Gasteiger partial charge >= 0.3 is 0 Å². The van der Waals surface area contributed by atoms with Gasteiger partial charge in [-0.15, -0.1) is 10.2 Å². The van der Waals surface area contributed by atoms with Crippen molar-refractivity contribution in [2.45, 2.75) is 13.1 Å². The molecule has 10 heteroatoms. The summed E-state index contributed by atoms with van der Waals surface area (Å²) in [7, 11) is 3.47. The van der Waals surface area contributed by atoms with Gasteiger partial charge in [0, 0.05) is 36.8 Å². The quantitative estimate of drug-likeness (QED) is 0.437. The number of rotatable bonds is 8. The van der Waals surface area contributed by atoms with Crippen molar-refractivity contribution < 1.29 is 9.53 Å². The van der Waals surface area contributed by atoms with Crippen molar-refractivity contribution in [3.63, 3.8) is 0 Å². The number of amides is 1. The Labute approximate surface area is 184 Å². The van der Waals surface area contributed by atoms with Crippen LogP contribution in [0.3, 0.4) is 0 Å². The minimum absolute atomic E-state index is 0.192. The van der Waals surface area contributed by atoms with Gasteiger partial charge in [0.1, 0.15) is 17.8 Å². The second kappa shape index (κ2) is 9.65. The monoisotopic (exact) mass is 430 g/mol. The molecule has 162 valence electrons. The Morgan fingerprint density at radius 3 is 2.78 bits per heavy atom. The van der Waals surface area contributed by atoms with Crippen LogP contribution in [0.25, 0.3) is 11.5 Å². The molecule has 0 atom stereocenters. The van der Waals surface area contributed by atoms with Crippen molar-refractivity contribution in [1.29, 1.82) is 0 Å². The lowest BCUT2D eigenvalue weighted by molar-refractivity contribution is 0.0950. The minimum atomic E-state index is -0.192. The van der Waals surface area contributed by atoms with Crippen LogP contribution in [-0.2, 0) is 20.1 Å². The number of pyridine rings is 1. The van der Waals surface area contributed by atoms with Gasteiger partial charge in [-0.3, -0.25) is 9.78 Å². The number of hydrogen-bond donors (Lipinski definition) is 2. The molecule has 4 aromatic rings. The van der Waals surface area contributed by atoms with Gasteiger partial charge in [-0.05, 0) is 30.3 Å². The predicted molar refractivity (Wildman–Crippen MR) is 118 cm³/mol. The van der Waals surface area contributed by atoms with Gasteiger partial charge in [-0.25, -0.2) is 9.97 Å². The smallest absolute Gasteiger partial charge is 0.251 e. The third-order valence-corrected chi connectivity index (χ3v) is 4.81. The number of hydrogen-bond acceptors (Lipinski definition) is 8. The highest BCUT2D eigenvalue weighted by Gasteiger charge is 2.12. The first-order valence-corrected chi connectivity index (χ1v) is 9.90. The Balaban J connectivity index is 1.38. The van der Waals surface area contributed by atoms with Gasteiger partial charge in [0.25, 0.3) is 5.91 Å². The van der Waals surface area contributed by atoms with Crippen molar-refractivity contribution in [3.8, 4) is 17.3 Å². The highest BCUT2D eigenvalue weighted by Crippen LogP contribution is 2.16. The summed E-state index contributed by atoms with van der Waals surface area (Å²) in [6.07, 6.45) is 4.78. The van der Waals surface area contributed by atoms with Crippen LogP contribution < -0.4 is 15.4 Å². The molecule has 1 aromatic carbocycles. The molecule has 0 spiro atoms. The summed E-state index contributed by atoms with van der Waals surface area (Å²) in [6.45, 7) is 0.742. The van der Waals surface area contributed by atoms with E-state index in [1.54, 1.807) is 49.8 Å². The van der Waals surface area contributed by atoms with E-state index in [4.69, 9.17) is 4.74 Å². The zero-order valence-corrected chi connectivity index (χ0v) is 17.7. The number of ether oxygens (including phenoxy) is 1.